The molecule has 0 bridgehead atoms. The summed E-state index contributed by atoms with van der Waals surface area (Å²) >= 11 is 2.53. The summed E-state index contributed by atoms with van der Waals surface area (Å²) in [6.07, 6.45) is 2.68. The molecule has 0 saturated carbocycles. The van der Waals surface area contributed by atoms with Crippen molar-refractivity contribution in [3.63, 3.8) is 0 Å². The molecule has 1 N–H and O–H groups in total. The van der Waals surface area contributed by atoms with E-state index in [0.717, 1.165) is 27.8 Å². The van der Waals surface area contributed by atoms with Crippen LogP contribution in [-0.2, 0) is 9.84 Å². The molecule has 0 atom stereocenters. The third-order valence-corrected chi connectivity index (χ3v) is 6.46. The van der Waals surface area contributed by atoms with Crippen LogP contribution in [0, 0.1) is 6.92 Å². The first-order valence-electron chi connectivity index (χ1n) is 6.17. The summed E-state index contributed by atoms with van der Waals surface area (Å²) in [5.41, 5.74) is -5.61. The van der Waals surface area contributed by atoms with Gasteiger partial charge in [0, 0.05) is 6.20 Å². The Kier molecular flexibility index (Phi) is 5.20. The predicted molar refractivity (Wildman–Crippen MR) is 84.1 cm³/mol. The maximum Gasteiger partial charge on any atom is 0.503 e. The zero-order valence-corrected chi connectivity index (χ0v) is 14.7. The number of anilines is 1. The molecule has 0 spiro atoms. The summed E-state index contributed by atoms with van der Waals surface area (Å²) in [5, 5.41) is 1.12. The SMILES string of the molecule is CSc1sc(NC(=O)c2cccnc2S(=O)(=O)C(F)(F)F)nc1C. The van der Waals surface area contributed by atoms with Crippen LogP contribution in [-0.4, -0.2) is 36.1 Å². The summed E-state index contributed by atoms with van der Waals surface area (Å²) < 4.78 is 62.1. The van der Waals surface area contributed by atoms with E-state index in [9.17, 15) is 26.4 Å². The number of rotatable bonds is 4. The van der Waals surface area contributed by atoms with E-state index in [2.05, 4.69) is 15.3 Å². The molecule has 130 valence electrons. The van der Waals surface area contributed by atoms with Crippen molar-refractivity contribution < 1.29 is 26.4 Å². The van der Waals surface area contributed by atoms with E-state index in [1.54, 1.807) is 13.2 Å². The van der Waals surface area contributed by atoms with Crippen molar-refractivity contribution in [3.8, 4) is 0 Å². The van der Waals surface area contributed by atoms with Gasteiger partial charge in [-0.3, -0.25) is 10.1 Å². The summed E-state index contributed by atoms with van der Waals surface area (Å²) in [6, 6.07) is 2.13. The lowest BCUT2D eigenvalue weighted by Crippen LogP contribution is -2.27. The number of carbonyl (C=O) groups excluding carboxylic acids is 1. The number of amides is 1. The number of hydrogen-bond acceptors (Lipinski definition) is 7. The number of halogens is 3. The van der Waals surface area contributed by atoms with E-state index in [1.807, 2.05) is 0 Å². The van der Waals surface area contributed by atoms with Gasteiger partial charge in [0.05, 0.1) is 15.5 Å². The Morgan fingerprint density at radius 3 is 2.58 bits per heavy atom. The highest BCUT2D eigenvalue weighted by molar-refractivity contribution is 8.00. The number of nitrogens with one attached hydrogen (secondary N) is 1. The van der Waals surface area contributed by atoms with Crippen molar-refractivity contribution in [1.82, 2.24) is 9.97 Å². The summed E-state index contributed by atoms with van der Waals surface area (Å²) in [6.45, 7) is 1.71. The first-order valence-corrected chi connectivity index (χ1v) is 9.69. The molecular formula is C12H10F3N3O3S3. The standard InChI is InChI=1S/C12H10F3N3O3S3/c1-6-10(22-2)23-11(17-6)18-8(19)7-4-3-5-16-9(7)24(20,21)12(13,14)15/h3-5H,1-2H3,(H,17,18,19). The Labute approximate surface area is 143 Å². The first kappa shape index (κ1) is 18.7. The highest BCUT2D eigenvalue weighted by atomic mass is 32.2. The van der Waals surface area contributed by atoms with Crippen molar-refractivity contribution in [3.05, 3.63) is 29.6 Å². The van der Waals surface area contributed by atoms with Crippen LogP contribution in [0.2, 0.25) is 0 Å². The number of alkyl halides is 3. The minimum absolute atomic E-state index is 0.154. The minimum Gasteiger partial charge on any atom is -0.298 e. The van der Waals surface area contributed by atoms with E-state index < -0.39 is 31.8 Å². The maximum atomic E-state index is 12.7. The molecule has 0 radical (unpaired) electrons. The van der Waals surface area contributed by atoms with Crippen molar-refractivity contribution in [2.24, 2.45) is 0 Å². The fraction of sp³-hybridized carbons (Fsp3) is 0.250. The molecule has 0 fully saturated rings. The average Bonchev–Trinajstić information content (AvgIpc) is 2.85. The Bertz CT molecular complexity index is 878. The van der Waals surface area contributed by atoms with Crippen LogP contribution in [0.3, 0.4) is 0 Å². The summed E-state index contributed by atoms with van der Waals surface area (Å²) in [4.78, 5) is 19.5. The van der Waals surface area contributed by atoms with Gasteiger partial charge in [-0.25, -0.2) is 18.4 Å². The number of nitrogens with zero attached hydrogens (tertiary/aromatic N) is 2. The normalized spacial score (nSPS) is 12.2. The van der Waals surface area contributed by atoms with Gasteiger partial charge in [-0.15, -0.1) is 11.8 Å². The highest BCUT2D eigenvalue weighted by Gasteiger charge is 2.49. The number of carbonyl (C=O) groups is 1. The molecule has 0 saturated heterocycles. The van der Waals surface area contributed by atoms with E-state index in [1.165, 1.54) is 17.8 Å². The number of thioether (sulfide) groups is 1. The van der Waals surface area contributed by atoms with Crippen molar-refractivity contribution in [2.45, 2.75) is 21.7 Å². The quantitative estimate of drug-likeness (QED) is 0.798. The monoisotopic (exact) mass is 397 g/mol. The van der Waals surface area contributed by atoms with Gasteiger partial charge >= 0.3 is 5.51 Å². The van der Waals surface area contributed by atoms with Crippen molar-refractivity contribution >= 4 is 44.0 Å². The van der Waals surface area contributed by atoms with Crippen LogP contribution < -0.4 is 5.32 Å². The Balaban J connectivity index is 2.41. The average molecular weight is 397 g/mol. The van der Waals surface area contributed by atoms with Crippen LogP contribution in [0.15, 0.2) is 27.6 Å². The Hall–Kier alpha value is -1.66. The van der Waals surface area contributed by atoms with E-state index in [-0.39, 0.29) is 5.13 Å². The molecule has 0 aromatic carbocycles. The van der Waals surface area contributed by atoms with Gasteiger partial charge in [0.25, 0.3) is 15.7 Å². The fourth-order valence-electron chi connectivity index (χ4n) is 1.68. The van der Waals surface area contributed by atoms with Gasteiger partial charge in [-0.1, -0.05) is 11.3 Å². The first-order chi connectivity index (χ1) is 11.1. The van der Waals surface area contributed by atoms with Gasteiger partial charge < -0.3 is 0 Å². The van der Waals surface area contributed by atoms with E-state index in [0.29, 0.717) is 5.69 Å². The van der Waals surface area contributed by atoms with Gasteiger partial charge in [0.1, 0.15) is 0 Å². The topological polar surface area (TPSA) is 89.0 Å². The third-order valence-electron chi connectivity index (χ3n) is 2.73. The number of hydrogen-bond donors (Lipinski definition) is 1. The molecule has 2 aromatic rings. The summed E-state index contributed by atoms with van der Waals surface area (Å²) in [5.74, 6) is -1.03. The Morgan fingerprint density at radius 1 is 1.38 bits per heavy atom. The second-order valence-corrected chi connectivity index (χ2v) is 8.29. The lowest BCUT2D eigenvalue weighted by Gasteiger charge is -2.10. The van der Waals surface area contributed by atoms with Gasteiger partial charge in [0.15, 0.2) is 10.2 Å². The molecule has 2 rings (SSSR count). The molecule has 12 heteroatoms. The molecule has 0 aliphatic carbocycles. The minimum atomic E-state index is -5.75. The molecular weight excluding hydrogens is 387 g/mol. The highest BCUT2D eigenvalue weighted by Crippen LogP contribution is 2.33. The maximum absolute atomic E-state index is 12.7. The number of pyridine rings is 1. The third kappa shape index (κ3) is 3.54. The zero-order valence-electron chi connectivity index (χ0n) is 12.2. The smallest absolute Gasteiger partial charge is 0.298 e. The molecule has 24 heavy (non-hydrogen) atoms. The van der Waals surface area contributed by atoms with Crippen LogP contribution in [0.25, 0.3) is 0 Å². The molecule has 1 amide bonds. The van der Waals surface area contributed by atoms with Crippen LogP contribution in [0.5, 0.6) is 0 Å². The molecule has 2 heterocycles. The van der Waals surface area contributed by atoms with Gasteiger partial charge in [-0.2, -0.15) is 13.2 Å². The molecule has 0 unspecified atom stereocenters. The molecule has 6 nitrogen and oxygen atoms in total. The largest absolute Gasteiger partial charge is 0.503 e. The number of aryl methyl sites for hydroxylation is 1. The van der Waals surface area contributed by atoms with Crippen molar-refractivity contribution in [1.29, 1.82) is 0 Å². The van der Waals surface area contributed by atoms with Crippen LogP contribution in [0.4, 0.5) is 18.3 Å². The van der Waals surface area contributed by atoms with E-state index >= 15 is 0 Å². The number of aromatic nitrogens is 2. The number of thiazole rings is 1. The number of sulfone groups is 1. The lowest BCUT2D eigenvalue weighted by molar-refractivity contribution is -0.0438. The molecule has 0 aliphatic heterocycles. The van der Waals surface area contributed by atoms with Crippen molar-refractivity contribution in [2.75, 3.05) is 11.6 Å². The van der Waals surface area contributed by atoms with Crippen LogP contribution >= 0.6 is 23.1 Å². The summed E-state index contributed by atoms with van der Waals surface area (Å²) in [7, 11) is -5.75. The molecule has 2 aromatic heterocycles. The van der Waals surface area contributed by atoms with E-state index in [4.69, 9.17) is 0 Å². The van der Waals surface area contributed by atoms with Crippen LogP contribution in [0.1, 0.15) is 16.1 Å². The van der Waals surface area contributed by atoms with Gasteiger partial charge in [0.2, 0.25) is 0 Å². The second kappa shape index (κ2) is 6.69. The fourth-order valence-corrected chi connectivity index (χ4v) is 4.15. The predicted octanol–water partition coefficient (Wildman–Crippen LogP) is 3.11. The van der Waals surface area contributed by atoms with Gasteiger partial charge in [-0.05, 0) is 25.3 Å². The lowest BCUT2D eigenvalue weighted by atomic mass is 10.3. The second-order valence-electron chi connectivity index (χ2n) is 4.36. The molecule has 0 aliphatic rings. The zero-order chi connectivity index (χ0) is 18.1. The Morgan fingerprint density at radius 2 is 2.04 bits per heavy atom.